The van der Waals surface area contributed by atoms with Crippen molar-refractivity contribution in [2.75, 3.05) is 25.0 Å². The molecule has 13 heteroatoms. The summed E-state index contributed by atoms with van der Waals surface area (Å²) in [5.41, 5.74) is 11.4. The molecule has 1 aromatic rings. The van der Waals surface area contributed by atoms with Crippen molar-refractivity contribution in [1.82, 2.24) is 10.6 Å². The SMILES string of the molecule is CCC(C)(CC(C)(CC(C)(C)C(N)=O)C(=O)NCCCCCNC(=O)CN=[N+]=[N-])C(=O)Nc1cccc(C(O)O)c1. The Labute approximate surface area is 241 Å². The smallest absolute Gasteiger partial charge is 0.230 e. The van der Waals surface area contributed by atoms with Crippen LogP contribution in [0, 0.1) is 16.2 Å². The standard InChI is InChI=1S/C28H45N7O6/c1-6-27(4,25(41)34-20-12-10-11-19(15-20)22(37)38)18-28(5,17-26(2,3)23(29)39)24(40)32-14-9-7-8-13-31-21(36)16-33-35-30/h10-12,15,22,37-38H,6-9,13-14,16-18H2,1-5H3,(H2,29,39)(H,31,36)(H,32,40)(H,34,41). The minimum absolute atomic E-state index is 0.118. The van der Waals surface area contributed by atoms with Gasteiger partial charge < -0.3 is 31.9 Å². The second-order valence-electron chi connectivity index (χ2n) is 11.6. The summed E-state index contributed by atoms with van der Waals surface area (Å²) >= 11 is 0. The molecule has 0 saturated carbocycles. The van der Waals surface area contributed by atoms with Gasteiger partial charge in [-0.25, -0.2) is 0 Å². The first kappa shape index (κ1) is 35.4. The van der Waals surface area contributed by atoms with E-state index in [1.807, 2.05) is 6.92 Å². The lowest BCUT2D eigenvalue weighted by Gasteiger charge is -2.40. The van der Waals surface area contributed by atoms with Gasteiger partial charge in [0.15, 0.2) is 6.29 Å². The Hall–Kier alpha value is -3.67. The minimum atomic E-state index is -1.68. The van der Waals surface area contributed by atoms with Gasteiger partial charge in [0.25, 0.3) is 0 Å². The molecule has 0 heterocycles. The molecule has 0 saturated heterocycles. The van der Waals surface area contributed by atoms with E-state index in [1.165, 1.54) is 12.1 Å². The number of nitrogens with zero attached hydrogens (tertiary/aromatic N) is 3. The molecule has 0 fully saturated rings. The van der Waals surface area contributed by atoms with Crippen LogP contribution in [-0.4, -0.2) is 53.5 Å². The van der Waals surface area contributed by atoms with Gasteiger partial charge in [-0.3, -0.25) is 19.2 Å². The van der Waals surface area contributed by atoms with E-state index in [1.54, 1.807) is 39.8 Å². The van der Waals surface area contributed by atoms with Gasteiger partial charge in [0.05, 0.1) is 0 Å². The van der Waals surface area contributed by atoms with E-state index in [0.29, 0.717) is 38.0 Å². The molecule has 1 aromatic carbocycles. The van der Waals surface area contributed by atoms with Crippen molar-refractivity contribution < 1.29 is 29.4 Å². The van der Waals surface area contributed by atoms with E-state index in [9.17, 15) is 29.4 Å². The third-order valence-electron chi connectivity index (χ3n) is 7.34. The fourth-order valence-corrected chi connectivity index (χ4v) is 4.79. The third-order valence-corrected chi connectivity index (χ3v) is 7.34. The molecule has 7 N–H and O–H groups in total. The van der Waals surface area contributed by atoms with Crippen LogP contribution in [0.15, 0.2) is 29.4 Å². The number of carbonyl (C=O) groups is 4. The topological polar surface area (TPSA) is 220 Å². The number of anilines is 1. The van der Waals surface area contributed by atoms with Crippen LogP contribution in [0.4, 0.5) is 5.69 Å². The van der Waals surface area contributed by atoms with Gasteiger partial charge >= 0.3 is 0 Å². The zero-order valence-electron chi connectivity index (χ0n) is 24.7. The number of azide groups is 1. The number of hydrogen-bond acceptors (Lipinski definition) is 7. The third kappa shape index (κ3) is 11.4. The van der Waals surface area contributed by atoms with Crippen molar-refractivity contribution in [2.45, 2.75) is 79.4 Å². The van der Waals surface area contributed by atoms with Crippen molar-refractivity contribution in [3.8, 4) is 0 Å². The number of amides is 4. The highest BCUT2D eigenvalue weighted by molar-refractivity contribution is 5.96. The largest absolute Gasteiger partial charge is 0.369 e. The number of nitrogens with one attached hydrogen (secondary N) is 3. The summed E-state index contributed by atoms with van der Waals surface area (Å²) in [6.45, 7) is 9.21. The number of hydrogen-bond donors (Lipinski definition) is 6. The summed E-state index contributed by atoms with van der Waals surface area (Å²) in [7, 11) is 0. The quantitative estimate of drug-likeness (QED) is 0.0507. The van der Waals surface area contributed by atoms with Crippen LogP contribution in [0.2, 0.25) is 0 Å². The van der Waals surface area contributed by atoms with Crippen molar-refractivity contribution in [3.63, 3.8) is 0 Å². The number of carbonyl (C=O) groups excluding carboxylic acids is 4. The summed E-state index contributed by atoms with van der Waals surface area (Å²) in [6, 6.07) is 6.22. The first-order valence-corrected chi connectivity index (χ1v) is 13.7. The molecule has 41 heavy (non-hydrogen) atoms. The predicted molar refractivity (Wildman–Crippen MR) is 155 cm³/mol. The van der Waals surface area contributed by atoms with Crippen molar-refractivity contribution in [2.24, 2.45) is 27.1 Å². The average Bonchev–Trinajstić information content (AvgIpc) is 2.90. The van der Waals surface area contributed by atoms with E-state index >= 15 is 0 Å². The summed E-state index contributed by atoms with van der Waals surface area (Å²) in [6.07, 6.45) is 1.00. The minimum Gasteiger partial charge on any atom is -0.369 e. The van der Waals surface area contributed by atoms with E-state index in [4.69, 9.17) is 11.3 Å². The van der Waals surface area contributed by atoms with Crippen LogP contribution >= 0.6 is 0 Å². The van der Waals surface area contributed by atoms with Crippen LogP contribution in [0.1, 0.15) is 85.0 Å². The van der Waals surface area contributed by atoms with Crippen LogP contribution in [-0.2, 0) is 19.2 Å². The number of primary amides is 1. The Morgan fingerprint density at radius 3 is 2.17 bits per heavy atom. The summed E-state index contributed by atoms with van der Waals surface area (Å²) in [5.74, 6) is -1.55. The Bertz CT molecular complexity index is 1120. The Kier molecular flexibility index (Phi) is 13.7. The van der Waals surface area contributed by atoms with Crippen LogP contribution in [0.3, 0.4) is 0 Å². The number of rotatable bonds is 18. The average molecular weight is 576 g/mol. The highest BCUT2D eigenvalue weighted by atomic mass is 16.5. The first-order valence-electron chi connectivity index (χ1n) is 13.7. The first-order chi connectivity index (χ1) is 19.1. The molecule has 0 radical (unpaired) electrons. The van der Waals surface area contributed by atoms with E-state index in [0.717, 1.165) is 6.42 Å². The zero-order valence-corrected chi connectivity index (χ0v) is 24.7. The lowest BCUT2D eigenvalue weighted by Crippen LogP contribution is -2.49. The van der Waals surface area contributed by atoms with Crippen LogP contribution in [0.25, 0.3) is 10.4 Å². The van der Waals surface area contributed by atoms with Gasteiger partial charge in [-0.15, -0.1) is 0 Å². The summed E-state index contributed by atoms with van der Waals surface area (Å²) in [4.78, 5) is 53.3. The monoisotopic (exact) mass is 575 g/mol. The molecule has 0 spiro atoms. The molecule has 2 unspecified atom stereocenters. The summed E-state index contributed by atoms with van der Waals surface area (Å²) in [5, 5.41) is 30.6. The predicted octanol–water partition coefficient (Wildman–Crippen LogP) is 3.04. The Balaban J connectivity index is 2.96. The maximum Gasteiger partial charge on any atom is 0.230 e. The number of benzene rings is 1. The maximum atomic E-state index is 13.6. The molecular formula is C28H45N7O6. The van der Waals surface area contributed by atoms with Gasteiger partial charge in [-0.1, -0.05) is 51.9 Å². The second-order valence-corrected chi connectivity index (χ2v) is 11.6. The molecule has 0 aliphatic rings. The van der Waals surface area contributed by atoms with Gasteiger partial charge in [0.1, 0.15) is 6.54 Å². The normalized spacial score (nSPS) is 14.2. The van der Waals surface area contributed by atoms with Gasteiger partial charge in [-0.2, -0.15) is 0 Å². The second kappa shape index (κ2) is 15.9. The molecule has 228 valence electrons. The van der Waals surface area contributed by atoms with Crippen LogP contribution < -0.4 is 21.7 Å². The summed E-state index contributed by atoms with van der Waals surface area (Å²) < 4.78 is 0. The van der Waals surface area contributed by atoms with Gasteiger partial charge in [-0.05, 0) is 56.2 Å². The Morgan fingerprint density at radius 1 is 0.976 bits per heavy atom. The fourth-order valence-electron chi connectivity index (χ4n) is 4.79. The molecule has 0 aliphatic heterocycles. The molecule has 1 rings (SSSR count). The fraction of sp³-hybridized carbons (Fsp3) is 0.643. The molecule has 2 atom stereocenters. The molecule has 0 aromatic heterocycles. The molecule has 0 aliphatic carbocycles. The number of aliphatic hydroxyl groups excluding tert-OH is 1. The van der Waals surface area contributed by atoms with Crippen molar-refractivity contribution >= 4 is 29.3 Å². The van der Waals surface area contributed by atoms with Crippen molar-refractivity contribution in [1.29, 1.82) is 0 Å². The highest BCUT2D eigenvalue weighted by Crippen LogP contribution is 2.44. The van der Waals surface area contributed by atoms with Crippen LogP contribution in [0.5, 0.6) is 0 Å². The maximum absolute atomic E-state index is 13.6. The number of unbranched alkanes of at least 4 members (excludes halogenated alkanes) is 2. The highest BCUT2D eigenvalue weighted by Gasteiger charge is 2.47. The number of nitrogens with two attached hydrogens (primary N) is 1. The lowest BCUT2D eigenvalue weighted by molar-refractivity contribution is -0.139. The Morgan fingerprint density at radius 2 is 1.61 bits per heavy atom. The molecule has 0 bridgehead atoms. The van der Waals surface area contributed by atoms with Gasteiger partial charge in [0, 0.05) is 45.5 Å². The van der Waals surface area contributed by atoms with Crippen molar-refractivity contribution in [3.05, 3.63) is 40.3 Å². The molecular weight excluding hydrogens is 530 g/mol. The molecule has 13 nitrogen and oxygen atoms in total. The zero-order chi connectivity index (χ0) is 31.3. The lowest BCUT2D eigenvalue weighted by atomic mass is 9.64. The van der Waals surface area contributed by atoms with Gasteiger partial charge in [0.2, 0.25) is 23.6 Å². The number of aliphatic hydroxyl groups is 2. The van der Waals surface area contributed by atoms with E-state index in [-0.39, 0.29) is 42.7 Å². The van der Waals surface area contributed by atoms with E-state index in [2.05, 4.69) is 26.0 Å². The molecule has 4 amide bonds. The van der Waals surface area contributed by atoms with E-state index < -0.39 is 28.4 Å².